The predicted molar refractivity (Wildman–Crippen MR) is 123 cm³/mol. The number of hydrogen-bond acceptors (Lipinski definition) is 5. The van der Waals surface area contributed by atoms with Gasteiger partial charge in [0, 0.05) is 23.8 Å². The van der Waals surface area contributed by atoms with E-state index in [-0.39, 0.29) is 19.2 Å². The lowest BCUT2D eigenvalue weighted by Gasteiger charge is -2.41. The lowest BCUT2D eigenvalue weighted by Crippen LogP contribution is -2.46. The summed E-state index contributed by atoms with van der Waals surface area (Å²) in [6.45, 7) is 5.79. The van der Waals surface area contributed by atoms with Crippen LogP contribution in [-0.2, 0) is 11.3 Å². The zero-order valence-electron chi connectivity index (χ0n) is 18.7. The molecule has 7 heteroatoms. The van der Waals surface area contributed by atoms with Gasteiger partial charge in [0.2, 0.25) is 18.6 Å². The van der Waals surface area contributed by atoms with E-state index in [1.165, 1.54) is 12.8 Å². The van der Waals surface area contributed by atoms with E-state index in [1.807, 2.05) is 18.2 Å². The lowest BCUT2D eigenvalue weighted by atomic mass is 9.77. The number of anilines is 1. The first-order chi connectivity index (χ1) is 15.4. The first-order valence-corrected chi connectivity index (χ1v) is 11.2. The summed E-state index contributed by atoms with van der Waals surface area (Å²) in [7, 11) is 0. The van der Waals surface area contributed by atoms with Gasteiger partial charge in [0.1, 0.15) is 0 Å². The van der Waals surface area contributed by atoms with Crippen LogP contribution in [0.15, 0.2) is 42.5 Å². The smallest absolute Gasteiger partial charge is 0.248 e. The average Bonchev–Trinajstić information content (AvgIpc) is 3.23. The van der Waals surface area contributed by atoms with Crippen LogP contribution in [-0.4, -0.2) is 36.1 Å². The molecule has 0 saturated heterocycles. The second kappa shape index (κ2) is 9.61. The Morgan fingerprint density at radius 1 is 1.06 bits per heavy atom. The standard InChI is InChI=1S/C25H31N3O4/c1-16-4-3-5-21(17(16)2)28(13-18-6-11-22-23(12-18)32-15-31-22)14-24(29)27-20-9-7-19(8-10-20)25(26)30/h6-12,16-17,21H,3-5,13-15H2,1-2H3,(H2,26,30)(H,27,29). The number of nitrogens with two attached hydrogens (primary N) is 1. The molecule has 1 saturated carbocycles. The summed E-state index contributed by atoms with van der Waals surface area (Å²) in [5, 5.41) is 2.95. The molecule has 2 aromatic rings. The molecule has 4 rings (SSSR count). The quantitative estimate of drug-likeness (QED) is 0.688. The highest BCUT2D eigenvalue weighted by Crippen LogP contribution is 2.36. The predicted octanol–water partition coefficient (Wildman–Crippen LogP) is 3.78. The van der Waals surface area contributed by atoms with Crippen LogP contribution >= 0.6 is 0 Å². The molecule has 1 heterocycles. The zero-order chi connectivity index (χ0) is 22.7. The monoisotopic (exact) mass is 437 g/mol. The molecule has 0 radical (unpaired) electrons. The number of hydrogen-bond donors (Lipinski definition) is 2. The van der Waals surface area contributed by atoms with E-state index in [1.54, 1.807) is 24.3 Å². The fourth-order valence-electron chi connectivity index (χ4n) is 4.74. The molecule has 1 aliphatic heterocycles. The van der Waals surface area contributed by atoms with Gasteiger partial charge >= 0.3 is 0 Å². The summed E-state index contributed by atoms with van der Waals surface area (Å²) in [4.78, 5) is 26.5. The molecule has 1 fully saturated rings. The molecule has 1 aliphatic carbocycles. The molecule has 170 valence electrons. The molecule has 7 nitrogen and oxygen atoms in total. The number of nitrogens with one attached hydrogen (secondary N) is 1. The molecule has 0 spiro atoms. The van der Waals surface area contributed by atoms with Gasteiger partial charge in [-0.2, -0.15) is 0 Å². The minimum atomic E-state index is -0.488. The first-order valence-electron chi connectivity index (χ1n) is 11.2. The van der Waals surface area contributed by atoms with Gasteiger partial charge in [0.15, 0.2) is 11.5 Å². The summed E-state index contributed by atoms with van der Waals surface area (Å²) in [5.41, 5.74) is 7.45. The molecule has 0 aromatic heterocycles. The Kier molecular flexibility index (Phi) is 6.65. The average molecular weight is 438 g/mol. The Bertz CT molecular complexity index is 976. The van der Waals surface area contributed by atoms with E-state index < -0.39 is 5.91 Å². The van der Waals surface area contributed by atoms with Gasteiger partial charge in [-0.25, -0.2) is 0 Å². The largest absolute Gasteiger partial charge is 0.454 e. The Labute approximate surface area is 188 Å². The van der Waals surface area contributed by atoms with Crippen LogP contribution in [0.3, 0.4) is 0 Å². The number of amides is 2. The highest BCUT2D eigenvalue weighted by atomic mass is 16.7. The Hall–Kier alpha value is -3.06. The molecule has 3 N–H and O–H groups in total. The maximum atomic E-state index is 13.0. The van der Waals surface area contributed by atoms with Gasteiger partial charge in [-0.3, -0.25) is 14.5 Å². The zero-order valence-corrected chi connectivity index (χ0v) is 18.7. The fourth-order valence-corrected chi connectivity index (χ4v) is 4.74. The minimum Gasteiger partial charge on any atom is -0.454 e. The van der Waals surface area contributed by atoms with E-state index in [2.05, 4.69) is 24.1 Å². The van der Waals surface area contributed by atoms with Crippen LogP contribution in [0, 0.1) is 11.8 Å². The van der Waals surface area contributed by atoms with Gasteiger partial charge in [-0.05, 0) is 60.2 Å². The Balaban J connectivity index is 1.49. The van der Waals surface area contributed by atoms with E-state index >= 15 is 0 Å². The van der Waals surface area contributed by atoms with Crippen molar-refractivity contribution in [2.45, 2.75) is 45.7 Å². The summed E-state index contributed by atoms with van der Waals surface area (Å²) in [6.07, 6.45) is 3.48. The normalized spacial score (nSPS) is 22.0. The van der Waals surface area contributed by atoms with Gasteiger partial charge < -0.3 is 20.5 Å². The summed E-state index contributed by atoms with van der Waals surface area (Å²) in [6, 6.07) is 12.9. The second-order valence-electron chi connectivity index (χ2n) is 8.92. The number of fused-ring (bicyclic) bond motifs is 1. The summed E-state index contributed by atoms with van der Waals surface area (Å²) < 4.78 is 11.0. The van der Waals surface area contributed by atoms with E-state index in [0.717, 1.165) is 23.5 Å². The molecule has 2 amide bonds. The van der Waals surface area contributed by atoms with Crippen LogP contribution < -0.4 is 20.5 Å². The van der Waals surface area contributed by atoms with Crippen LogP contribution in [0.25, 0.3) is 0 Å². The van der Waals surface area contributed by atoms with Crippen LogP contribution in [0.2, 0.25) is 0 Å². The van der Waals surface area contributed by atoms with E-state index in [4.69, 9.17) is 15.2 Å². The van der Waals surface area contributed by atoms with Crippen molar-refractivity contribution >= 4 is 17.5 Å². The van der Waals surface area contributed by atoms with Crippen LogP contribution in [0.1, 0.15) is 49.0 Å². The van der Waals surface area contributed by atoms with Crippen molar-refractivity contribution in [1.82, 2.24) is 4.90 Å². The van der Waals surface area contributed by atoms with Gasteiger partial charge in [-0.15, -0.1) is 0 Å². The van der Waals surface area contributed by atoms with Crippen molar-refractivity contribution in [3.63, 3.8) is 0 Å². The van der Waals surface area contributed by atoms with Crippen molar-refractivity contribution in [1.29, 1.82) is 0 Å². The van der Waals surface area contributed by atoms with Crippen molar-refractivity contribution in [2.75, 3.05) is 18.7 Å². The molecule has 0 bridgehead atoms. The number of rotatable bonds is 7. The topological polar surface area (TPSA) is 93.9 Å². The highest BCUT2D eigenvalue weighted by Gasteiger charge is 2.32. The maximum Gasteiger partial charge on any atom is 0.248 e. The fraction of sp³-hybridized carbons (Fsp3) is 0.440. The molecule has 2 aromatic carbocycles. The van der Waals surface area contributed by atoms with Crippen molar-refractivity contribution < 1.29 is 19.1 Å². The number of benzene rings is 2. The van der Waals surface area contributed by atoms with Crippen LogP contribution in [0.4, 0.5) is 5.69 Å². The van der Waals surface area contributed by atoms with Gasteiger partial charge in [0.05, 0.1) is 6.54 Å². The second-order valence-corrected chi connectivity index (χ2v) is 8.92. The Morgan fingerprint density at radius 2 is 1.81 bits per heavy atom. The van der Waals surface area contributed by atoms with Crippen molar-refractivity contribution in [3.05, 3.63) is 53.6 Å². The van der Waals surface area contributed by atoms with Crippen molar-refractivity contribution in [2.24, 2.45) is 17.6 Å². The number of ether oxygens (including phenoxy) is 2. The Morgan fingerprint density at radius 3 is 2.56 bits per heavy atom. The molecule has 2 aliphatic rings. The van der Waals surface area contributed by atoms with Gasteiger partial charge in [0.25, 0.3) is 0 Å². The maximum absolute atomic E-state index is 13.0. The number of carbonyl (C=O) groups is 2. The SMILES string of the molecule is CC1CCCC(N(CC(=O)Nc2ccc(C(N)=O)cc2)Cc2ccc3c(c2)OCO3)C1C. The molecule has 3 unspecified atom stereocenters. The number of primary amides is 1. The third-order valence-electron chi connectivity index (χ3n) is 6.76. The van der Waals surface area contributed by atoms with E-state index in [9.17, 15) is 9.59 Å². The molecular formula is C25H31N3O4. The third kappa shape index (κ3) is 5.05. The first kappa shape index (κ1) is 22.1. The molecule has 32 heavy (non-hydrogen) atoms. The van der Waals surface area contributed by atoms with Gasteiger partial charge in [-0.1, -0.05) is 32.8 Å². The van der Waals surface area contributed by atoms with Crippen molar-refractivity contribution in [3.8, 4) is 11.5 Å². The third-order valence-corrected chi connectivity index (χ3v) is 6.76. The summed E-state index contributed by atoms with van der Waals surface area (Å²) in [5.74, 6) is 2.07. The highest BCUT2D eigenvalue weighted by molar-refractivity contribution is 5.95. The minimum absolute atomic E-state index is 0.0806. The summed E-state index contributed by atoms with van der Waals surface area (Å²) >= 11 is 0. The number of carbonyl (C=O) groups excluding carboxylic acids is 2. The van der Waals surface area contributed by atoms with E-state index in [0.29, 0.717) is 35.7 Å². The number of nitrogens with zero attached hydrogens (tertiary/aromatic N) is 1. The lowest BCUT2D eigenvalue weighted by molar-refractivity contribution is -0.118. The molecular weight excluding hydrogens is 406 g/mol. The van der Waals surface area contributed by atoms with Crippen LogP contribution in [0.5, 0.6) is 11.5 Å². The molecule has 3 atom stereocenters.